The molecule has 1 saturated heterocycles. The second-order valence-corrected chi connectivity index (χ2v) is 7.29. The Morgan fingerprint density at radius 2 is 1.92 bits per heavy atom. The van der Waals surface area contributed by atoms with Crippen LogP contribution < -0.4 is 4.74 Å². The quantitative estimate of drug-likeness (QED) is 0.580. The predicted molar refractivity (Wildman–Crippen MR) is 89.0 cm³/mol. The summed E-state index contributed by atoms with van der Waals surface area (Å²) in [6, 6.07) is 5.40. The number of benzene rings is 1. The van der Waals surface area contributed by atoms with Crippen molar-refractivity contribution >= 4 is 27.5 Å². The largest absolute Gasteiger partial charge is 0.496 e. The van der Waals surface area contributed by atoms with Gasteiger partial charge >= 0.3 is 0 Å². The Balaban J connectivity index is 1.71. The zero-order valence-electron chi connectivity index (χ0n) is 13.3. The maximum absolute atomic E-state index is 13.1. The van der Waals surface area contributed by atoms with Gasteiger partial charge in [0.2, 0.25) is 0 Å². The molecule has 2 unspecified atom stereocenters. The Labute approximate surface area is 148 Å². The van der Waals surface area contributed by atoms with Crippen LogP contribution in [0.5, 0.6) is 5.75 Å². The molecule has 1 aromatic carbocycles. The summed E-state index contributed by atoms with van der Waals surface area (Å²) in [5.41, 5.74) is 1.60. The zero-order chi connectivity index (χ0) is 17.0. The molecular formula is C18H17BrO5. The van der Waals surface area contributed by atoms with Crippen molar-refractivity contribution < 1.29 is 23.8 Å². The fraction of sp³-hybridized carbons (Fsp3) is 0.444. The van der Waals surface area contributed by atoms with Gasteiger partial charge in [-0.1, -0.05) is 28.1 Å². The Bertz CT molecular complexity index is 756. The first-order valence-corrected chi connectivity index (χ1v) is 8.62. The van der Waals surface area contributed by atoms with Crippen LogP contribution in [-0.4, -0.2) is 44.6 Å². The van der Waals surface area contributed by atoms with Crippen LogP contribution in [0.15, 0.2) is 34.3 Å². The van der Waals surface area contributed by atoms with Crippen LogP contribution in [-0.2, 0) is 19.1 Å². The molecule has 1 saturated carbocycles. The number of Topliss-reactive ketones (excluding diaryl/α,β-unsaturated/α-hetero) is 2. The Morgan fingerprint density at radius 3 is 2.62 bits per heavy atom. The van der Waals surface area contributed by atoms with Gasteiger partial charge < -0.3 is 14.2 Å². The third-order valence-corrected chi connectivity index (χ3v) is 5.65. The van der Waals surface area contributed by atoms with Gasteiger partial charge in [0, 0.05) is 17.1 Å². The highest BCUT2D eigenvalue weighted by Crippen LogP contribution is 2.52. The van der Waals surface area contributed by atoms with E-state index in [2.05, 4.69) is 15.9 Å². The molecule has 24 heavy (non-hydrogen) atoms. The van der Waals surface area contributed by atoms with Gasteiger partial charge in [0.25, 0.3) is 0 Å². The molecule has 0 spiro atoms. The molecule has 2 fully saturated rings. The normalized spacial score (nSPS) is 33.8. The molecule has 5 nitrogen and oxygen atoms in total. The van der Waals surface area contributed by atoms with Crippen molar-refractivity contribution in [3.63, 3.8) is 0 Å². The van der Waals surface area contributed by atoms with Crippen molar-refractivity contribution in [1.82, 2.24) is 0 Å². The molecule has 0 radical (unpaired) electrons. The Morgan fingerprint density at radius 1 is 1.17 bits per heavy atom. The average molecular weight is 393 g/mol. The summed E-state index contributed by atoms with van der Waals surface area (Å²) >= 11 is 3.39. The summed E-state index contributed by atoms with van der Waals surface area (Å²) in [5, 5.41) is 0. The molecule has 3 aliphatic rings. The average Bonchev–Trinajstić information content (AvgIpc) is 3.20. The molecular weight excluding hydrogens is 376 g/mol. The SMILES string of the molecule is COCC1=CC2O[C@H]1[C@H]1C(=O)C(c3ccc(Br)cc3OC)C(=O)[C@@H]21. The maximum Gasteiger partial charge on any atom is 0.154 e. The molecule has 0 aromatic heterocycles. The van der Waals surface area contributed by atoms with E-state index in [1.54, 1.807) is 26.4 Å². The third kappa shape index (κ3) is 2.13. The first-order valence-electron chi connectivity index (χ1n) is 7.82. The highest BCUT2D eigenvalue weighted by molar-refractivity contribution is 9.10. The zero-order valence-corrected chi connectivity index (χ0v) is 14.9. The summed E-state index contributed by atoms with van der Waals surface area (Å²) in [7, 11) is 3.16. The highest BCUT2D eigenvalue weighted by Gasteiger charge is 2.63. The Hall–Kier alpha value is -1.50. The first-order chi connectivity index (χ1) is 11.6. The van der Waals surface area contributed by atoms with Gasteiger partial charge in [0.15, 0.2) is 11.6 Å². The molecule has 1 aromatic rings. The number of rotatable bonds is 4. The van der Waals surface area contributed by atoms with E-state index in [0.29, 0.717) is 17.9 Å². The number of carbonyl (C=O) groups is 2. The van der Waals surface area contributed by atoms with Crippen molar-refractivity contribution in [3.8, 4) is 5.75 Å². The fourth-order valence-corrected chi connectivity index (χ4v) is 4.56. The first kappa shape index (κ1) is 16.0. The number of hydrogen-bond acceptors (Lipinski definition) is 5. The van der Waals surface area contributed by atoms with Crippen LogP contribution in [0.3, 0.4) is 0 Å². The number of carbonyl (C=O) groups excluding carboxylic acids is 2. The second kappa shape index (κ2) is 5.79. The van der Waals surface area contributed by atoms with Crippen LogP contribution in [0.25, 0.3) is 0 Å². The van der Waals surface area contributed by atoms with Crippen molar-refractivity contribution in [2.75, 3.05) is 20.8 Å². The van der Waals surface area contributed by atoms with Crippen LogP contribution in [0.4, 0.5) is 0 Å². The van der Waals surface area contributed by atoms with Gasteiger partial charge in [-0.05, 0) is 17.7 Å². The van der Waals surface area contributed by atoms with E-state index in [-0.39, 0.29) is 29.7 Å². The van der Waals surface area contributed by atoms with Gasteiger partial charge in [-0.3, -0.25) is 9.59 Å². The van der Waals surface area contributed by atoms with E-state index in [4.69, 9.17) is 14.2 Å². The van der Waals surface area contributed by atoms with E-state index in [9.17, 15) is 9.59 Å². The number of ketones is 2. The van der Waals surface area contributed by atoms with Crippen LogP contribution in [0.1, 0.15) is 11.5 Å². The summed E-state index contributed by atoms with van der Waals surface area (Å²) < 4.78 is 17.3. The van der Waals surface area contributed by atoms with Crippen molar-refractivity contribution in [2.45, 2.75) is 18.1 Å². The lowest BCUT2D eigenvalue weighted by molar-refractivity contribution is -0.127. The van der Waals surface area contributed by atoms with Gasteiger partial charge in [0.05, 0.1) is 37.8 Å². The lowest BCUT2D eigenvalue weighted by Crippen LogP contribution is -2.30. The number of hydrogen-bond donors (Lipinski definition) is 0. The minimum atomic E-state index is -0.771. The monoisotopic (exact) mass is 392 g/mol. The fourth-order valence-electron chi connectivity index (χ4n) is 4.22. The molecule has 0 N–H and O–H groups in total. The lowest BCUT2D eigenvalue weighted by Gasteiger charge is -2.19. The minimum absolute atomic E-state index is 0.0640. The molecule has 2 aliphatic heterocycles. The molecule has 0 amide bonds. The molecule has 4 rings (SSSR count). The van der Waals surface area contributed by atoms with Gasteiger partial charge in [-0.15, -0.1) is 0 Å². The molecule has 2 heterocycles. The van der Waals surface area contributed by atoms with Gasteiger partial charge in [-0.2, -0.15) is 0 Å². The van der Waals surface area contributed by atoms with Crippen molar-refractivity contribution in [1.29, 1.82) is 0 Å². The summed E-state index contributed by atoms with van der Waals surface area (Å²) in [6.45, 7) is 0.429. The number of fused-ring (bicyclic) bond motifs is 5. The topological polar surface area (TPSA) is 61.8 Å². The van der Waals surface area contributed by atoms with Crippen molar-refractivity contribution in [2.24, 2.45) is 11.8 Å². The lowest BCUT2D eigenvalue weighted by atomic mass is 9.81. The number of ether oxygens (including phenoxy) is 3. The van der Waals surface area contributed by atoms with Crippen molar-refractivity contribution in [3.05, 3.63) is 39.9 Å². The number of halogens is 1. The van der Waals surface area contributed by atoms with E-state index in [1.807, 2.05) is 12.1 Å². The molecule has 1 aliphatic carbocycles. The summed E-state index contributed by atoms with van der Waals surface area (Å²) in [5.74, 6) is -1.15. The smallest absolute Gasteiger partial charge is 0.154 e. The van der Waals surface area contributed by atoms with E-state index >= 15 is 0 Å². The highest BCUT2D eigenvalue weighted by atomic mass is 79.9. The van der Waals surface area contributed by atoms with Crippen LogP contribution >= 0.6 is 15.9 Å². The molecule has 6 heteroatoms. The summed E-state index contributed by atoms with van der Waals surface area (Å²) in [4.78, 5) is 26.0. The third-order valence-electron chi connectivity index (χ3n) is 5.16. The second-order valence-electron chi connectivity index (χ2n) is 6.37. The minimum Gasteiger partial charge on any atom is -0.496 e. The van der Waals surface area contributed by atoms with Gasteiger partial charge in [0.1, 0.15) is 11.7 Å². The van der Waals surface area contributed by atoms with Gasteiger partial charge in [-0.25, -0.2) is 0 Å². The van der Waals surface area contributed by atoms with E-state index in [0.717, 1.165) is 10.0 Å². The molecule has 126 valence electrons. The van der Waals surface area contributed by atoms with E-state index in [1.165, 1.54) is 0 Å². The standard InChI is InChI=1S/C18H17BrO5/c1-22-7-8-5-12-14-15(18(8)24-12)17(21)13(16(14)20)10-4-3-9(19)6-11(10)23-2/h3-6,12-15,18H,7H2,1-2H3/t12?,13?,14-,15+,18+/m0/s1. The summed E-state index contributed by atoms with van der Waals surface area (Å²) in [6.07, 6.45) is 1.30. The maximum atomic E-state index is 13.1. The van der Waals surface area contributed by atoms with Crippen LogP contribution in [0, 0.1) is 11.8 Å². The number of methoxy groups -OCH3 is 2. The molecule has 2 bridgehead atoms. The van der Waals surface area contributed by atoms with Crippen LogP contribution in [0.2, 0.25) is 0 Å². The predicted octanol–water partition coefficient (Wildman–Crippen LogP) is 2.28. The molecule has 5 atom stereocenters. The van der Waals surface area contributed by atoms with E-state index < -0.39 is 11.8 Å². The Kier molecular flexibility index (Phi) is 3.86.